The highest BCUT2D eigenvalue weighted by Crippen LogP contribution is 2.06. The molecule has 0 aliphatic heterocycles. The molecule has 0 spiro atoms. The highest BCUT2D eigenvalue weighted by atomic mass is 16.5. The highest BCUT2D eigenvalue weighted by Gasteiger charge is 2.03. The van der Waals surface area contributed by atoms with E-state index in [0.717, 1.165) is 25.9 Å². The van der Waals surface area contributed by atoms with Crippen LogP contribution in [0.25, 0.3) is 0 Å². The van der Waals surface area contributed by atoms with Gasteiger partial charge in [0.25, 0.3) is 0 Å². The molecule has 2 N–H and O–H groups in total. The Kier molecular flexibility index (Phi) is 6.12. The molecule has 2 heteroatoms. The summed E-state index contributed by atoms with van der Waals surface area (Å²) in [5.74, 6) is 0. The lowest BCUT2D eigenvalue weighted by atomic mass is 10.0. The molecule has 0 fully saturated rings. The molecule has 0 amide bonds. The van der Waals surface area contributed by atoms with Crippen LogP contribution in [0.5, 0.6) is 0 Å². The maximum Gasteiger partial charge on any atom is 0.0518 e. The van der Waals surface area contributed by atoms with Crippen molar-refractivity contribution in [2.24, 2.45) is 5.73 Å². The van der Waals surface area contributed by atoms with Crippen LogP contribution < -0.4 is 5.73 Å². The zero-order chi connectivity index (χ0) is 11.8. The zero-order valence-electron chi connectivity index (χ0n) is 10.4. The van der Waals surface area contributed by atoms with Gasteiger partial charge in [-0.2, -0.15) is 0 Å². The highest BCUT2D eigenvalue weighted by molar-refractivity contribution is 5.14. The summed E-state index contributed by atoms with van der Waals surface area (Å²) in [6, 6.07) is 10.7. The molecule has 90 valence electrons. The van der Waals surface area contributed by atoms with E-state index in [-0.39, 0.29) is 6.04 Å². The summed E-state index contributed by atoms with van der Waals surface area (Å²) < 4.78 is 5.48. The predicted octanol–water partition coefficient (Wildman–Crippen LogP) is 2.76. The quantitative estimate of drug-likeness (QED) is 0.768. The fourth-order valence-electron chi connectivity index (χ4n) is 1.60. The van der Waals surface area contributed by atoms with E-state index in [9.17, 15) is 0 Å². The maximum atomic E-state index is 6.03. The van der Waals surface area contributed by atoms with E-state index in [2.05, 4.69) is 38.1 Å². The lowest BCUT2D eigenvalue weighted by molar-refractivity contribution is 0.0732. The van der Waals surface area contributed by atoms with Gasteiger partial charge in [0.2, 0.25) is 0 Å². The molecule has 0 saturated carbocycles. The molecule has 1 unspecified atom stereocenters. The second-order valence-electron chi connectivity index (χ2n) is 4.49. The molecule has 1 rings (SSSR count). The molecule has 0 heterocycles. The average molecular weight is 221 g/mol. The van der Waals surface area contributed by atoms with Gasteiger partial charge in [0.15, 0.2) is 0 Å². The van der Waals surface area contributed by atoms with Gasteiger partial charge in [0.05, 0.1) is 6.10 Å². The average Bonchev–Trinajstić information content (AvgIpc) is 2.27. The third kappa shape index (κ3) is 5.89. The number of aryl methyl sites for hydroxylation is 1. The van der Waals surface area contributed by atoms with E-state index < -0.39 is 0 Å². The Labute approximate surface area is 98.8 Å². The molecule has 16 heavy (non-hydrogen) atoms. The van der Waals surface area contributed by atoms with Crippen LogP contribution in [0.3, 0.4) is 0 Å². The number of hydrogen-bond acceptors (Lipinski definition) is 2. The van der Waals surface area contributed by atoms with Crippen molar-refractivity contribution in [3.8, 4) is 0 Å². The number of ether oxygens (including phenoxy) is 1. The Morgan fingerprint density at radius 2 is 1.81 bits per heavy atom. The Bertz CT molecular complexity index is 271. The van der Waals surface area contributed by atoms with E-state index in [4.69, 9.17) is 10.5 Å². The largest absolute Gasteiger partial charge is 0.379 e. The smallest absolute Gasteiger partial charge is 0.0518 e. The van der Waals surface area contributed by atoms with Crippen molar-refractivity contribution in [2.45, 2.75) is 45.3 Å². The molecule has 0 aliphatic rings. The van der Waals surface area contributed by atoms with E-state index in [1.165, 1.54) is 5.56 Å². The maximum absolute atomic E-state index is 6.03. The van der Waals surface area contributed by atoms with Gasteiger partial charge in [-0.3, -0.25) is 0 Å². The summed E-state index contributed by atoms with van der Waals surface area (Å²) >= 11 is 0. The van der Waals surface area contributed by atoms with E-state index in [0.29, 0.717) is 6.10 Å². The number of benzene rings is 1. The van der Waals surface area contributed by atoms with Crippen LogP contribution in [0.15, 0.2) is 30.3 Å². The van der Waals surface area contributed by atoms with Crippen molar-refractivity contribution < 1.29 is 4.74 Å². The van der Waals surface area contributed by atoms with Crippen LogP contribution in [0.1, 0.15) is 32.3 Å². The minimum absolute atomic E-state index is 0.249. The topological polar surface area (TPSA) is 35.2 Å². The Hall–Kier alpha value is -0.860. The monoisotopic (exact) mass is 221 g/mol. The van der Waals surface area contributed by atoms with Gasteiger partial charge in [-0.05, 0) is 38.7 Å². The van der Waals surface area contributed by atoms with Gasteiger partial charge in [0.1, 0.15) is 0 Å². The standard InChI is InChI=1S/C14H23NO/c1-12(2)16-11-10-14(15)9-8-13-6-4-3-5-7-13/h3-7,12,14H,8-11,15H2,1-2H3. The van der Waals surface area contributed by atoms with Gasteiger partial charge in [-0.15, -0.1) is 0 Å². The molecular formula is C14H23NO. The van der Waals surface area contributed by atoms with E-state index in [1.807, 2.05) is 6.07 Å². The molecule has 0 radical (unpaired) electrons. The van der Waals surface area contributed by atoms with Crippen LogP contribution in [-0.4, -0.2) is 18.8 Å². The first-order valence-corrected chi connectivity index (χ1v) is 6.09. The molecule has 0 saturated heterocycles. The second kappa shape index (κ2) is 7.42. The lowest BCUT2D eigenvalue weighted by Crippen LogP contribution is -2.23. The molecule has 1 atom stereocenters. The number of hydrogen-bond donors (Lipinski definition) is 1. The SMILES string of the molecule is CC(C)OCCC(N)CCc1ccccc1. The third-order valence-electron chi connectivity index (χ3n) is 2.59. The van der Waals surface area contributed by atoms with Gasteiger partial charge < -0.3 is 10.5 Å². The molecule has 0 bridgehead atoms. The number of nitrogens with two attached hydrogens (primary N) is 1. The molecule has 1 aromatic rings. The zero-order valence-corrected chi connectivity index (χ0v) is 10.4. The summed E-state index contributed by atoms with van der Waals surface area (Å²) in [6.45, 7) is 4.87. The van der Waals surface area contributed by atoms with Crippen LogP contribution in [-0.2, 0) is 11.2 Å². The van der Waals surface area contributed by atoms with Crippen LogP contribution >= 0.6 is 0 Å². The molecule has 1 aromatic carbocycles. The molecule has 0 aromatic heterocycles. The van der Waals surface area contributed by atoms with Gasteiger partial charge >= 0.3 is 0 Å². The predicted molar refractivity (Wildman–Crippen MR) is 68.4 cm³/mol. The first-order valence-electron chi connectivity index (χ1n) is 6.09. The van der Waals surface area contributed by atoms with E-state index in [1.54, 1.807) is 0 Å². The first-order chi connectivity index (χ1) is 7.68. The van der Waals surface area contributed by atoms with Gasteiger partial charge in [-0.25, -0.2) is 0 Å². The summed E-state index contributed by atoms with van der Waals surface area (Å²) in [5.41, 5.74) is 7.39. The minimum Gasteiger partial charge on any atom is -0.379 e. The van der Waals surface area contributed by atoms with E-state index >= 15 is 0 Å². The van der Waals surface area contributed by atoms with Crippen LogP contribution in [0, 0.1) is 0 Å². The van der Waals surface area contributed by atoms with Crippen molar-refractivity contribution in [1.82, 2.24) is 0 Å². The molecular weight excluding hydrogens is 198 g/mol. The minimum atomic E-state index is 0.249. The summed E-state index contributed by atoms with van der Waals surface area (Å²) in [6.07, 6.45) is 3.35. The summed E-state index contributed by atoms with van der Waals surface area (Å²) in [7, 11) is 0. The summed E-state index contributed by atoms with van der Waals surface area (Å²) in [5, 5.41) is 0. The van der Waals surface area contributed by atoms with Crippen LogP contribution in [0.2, 0.25) is 0 Å². The van der Waals surface area contributed by atoms with Crippen molar-refractivity contribution in [3.05, 3.63) is 35.9 Å². The first kappa shape index (κ1) is 13.2. The Balaban J connectivity index is 2.13. The molecule has 0 aliphatic carbocycles. The second-order valence-corrected chi connectivity index (χ2v) is 4.49. The Morgan fingerprint density at radius 1 is 1.12 bits per heavy atom. The van der Waals surface area contributed by atoms with Crippen molar-refractivity contribution >= 4 is 0 Å². The normalized spacial score (nSPS) is 13.0. The Morgan fingerprint density at radius 3 is 2.44 bits per heavy atom. The summed E-state index contributed by atoms with van der Waals surface area (Å²) in [4.78, 5) is 0. The fourth-order valence-corrected chi connectivity index (χ4v) is 1.60. The van der Waals surface area contributed by atoms with Crippen molar-refractivity contribution in [3.63, 3.8) is 0 Å². The van der Waals surface area contributed by atoms with Gasteiger partial charge in [-0.1, -0.05) is 30.3 Å². The molecule has 2 nitrogen and oxygen atoms in total. The van der Waals surface area contributed by atoms with Crippen molar-refractivity contribution in [2.75, 3.05) is 6.61 Å². The van der Waals surface area contributed by atoms with Gasteiger partial charge in [0, 0.05) is 12.6 Å². The van der Waals surface area contributed by atoms with Crippen LogP contribution in [0.4, 0.5) is 0 Å². The third-order valence-corrected chi connectivity index (χ3v) is 2.59. The fraction of sp³-hybridized carbons (Fsp3) is 0.571. The number of rotatable bonds is 7. The van der Waals surface area contributed by atoms with Crippen molar-refractivity contribution in [1.29, 1.82) is 0 Å². The lowest BCUT2D eigenvalue weighted by Gasteiger charge is -2.13.